The molecule has 1 aliphatic heterocycles. The number of likely N-dealkylation sites (N-methyl/N-ethyl adjacent to an activating group) is 1. The van der Waals surface area contributed by atoms with E-state index in [9.17, 15) is 18.4 Å². The summed E-state index contributed by atoms with van der Waals surface area (Å²) < 4.78 is 27.0. The number of carbonyl (C=O) groups is 2. The molecule has 184 valence electrons. The lowest BCUT2D eigenvalue weighted by molar-refractivity contribution is 0.0949. The molecule has 0 unspecified atom stereocenters. The number of amides is 3. The second kappa shape index (κ2) is 12.3. The molecule has 7 nitrogen and oxygen atoms in total. The minimum absolute atomic E-state index is 0.141. The lowest BCUT2D eigenvalue weighted by Crippen LogP contribution is -2.36. The van der Waals surface area contributed by atoms with Crippen LogP contribution in [-0.2, 0) is 0 Å². The molecule has 0 saturated carbocycles. The number of urea groups is 1. The zero-order valence-electron chi connectivity index (χ0n) is 19.8. The van der Waals surface area contributed by atoms with Crippen molar-refractivity contribution in [2.75, 3.05) is 54.8 Å². The summed E-state index contributed by atoms with van der Waals surface area (Å²) in [7, 11) is 0. The lowest BCUT2D eigenvalue weighted by Gasteiger charge is -2.30. The molecule has 3 amide bonds. The highest BCUT2D eigenvalue weighted by molar-refractivity contribution is 6.04. The summed E-state index contributed by atoms with van der Waals surface area (Å²) in [4.78, 5) is 29.9. The maximum Gasteiger partial charge on any atom is 0.323 e. The summed E-state index contributed by atoms with van der Waals surface area (Å²) in [5, 5.41) is 7.99. The molecular formula is C25H33F2N5O2. The van der Waals surface area contributed by atoms with Crippen molar-refractivity contribution >= 4 is 29.0 Å². The lowest BCUT2D eigenvalue weighted by atomic mass is 10.1. The predicted molar refractivity (Wildman–Crippen MR) is 132 cm³/mol. The summed E-state index contributed by atoms with van der Waals surface area (Å²) in [5.41, 5.74) is 1.57. The molecule has 2 aromatic rings. The Morgan fingerprint density at radius 1 is 0.971 bits per heavy atom. The Morgan fingerprint density at radius 3 is 2.38 bits per heavy atom. The maximum absolute atomic E-state index is 13.9. The van der Waals surface area contributed by atoms with Gasteiger partial charge in [0.2, 0.25) is 0 Å². The van der Waals surface area contributed by atoms with Crippen LogP contribution < -0.4 is 20.9 Å². The molecule has 0 aliphatic carbocycles. The molecular weight excluding hydrogens is 440 g/mol. The number of rotatable bonds is 9. The fraction of sp³-hybridized carbons (Fsp3) is 0.440. The van der Waals surface area contributed by atoms with E-state index in [1.807, 2.05) is 6.07 Å². The van der Waals surface area contributed by atoms with Crippen molar-refractivity contribution in [2.24, 2.45) is 0 Å². The number of hydrogen-bond donors (Lipinski definition) is 3. The van der Waals surface area contributed by atoms with Crippen molar-refractivity contribution in [3.8, 4) is 0 Å². The number of hydrogen-bond acceptors (Lipinski definition) is 4. The van der Waals surface area contributed by atoms with E-state index >= 15 is 0 Å². The molecule has 0 radical (unpaired) electrons. The van der Waals surface area contributed by atoms with Gasteiger partial charge >= 0.3 is 6.03 Å². The summed E-state index contributed by atoms with van der Waals surface area (Å²) in [6.45, 7) is 9.00. The van der Waals surface area contributed by atoms with Crippen molar-refractivity contribution in [1.29, 1.82) is 0 Å². The summed E-state index contributed by atoms with van der Waals surface area (Å²) in [6.07, 6.45) is 3.30. The van der Waals surface area contributed by atoms with E-state index in [1.54, 1.807) is 12.1 Å². The third kappa shape index (κ3) is 6.90. The molecule has 1 saturated heterocycles. The Morgan fingerprint density at radius 2 is 1.71 bits per heavy atom. The Balaban J connectivity index is 1.74. The molecule has 0 atom stereocenters. The second-order valence-corrected chi connectivity index (χ2v) is 8.27. The number of piperidine rings is 1. The van der Waals surface area contributed by atoms with Gasteiger partial charge in [0.25, 0.3) is 5.91 Å². The number of anilines is 3. The van der Waals surface area contributed by atoms with Gasteiger partial charge in [-0.15, -0.1) is 0 Å². The number of halogens is 2. The first-order valence-corrected chi connectivity index (χ1v) is 11.8. The second-order valence-electron chi connectivity index (χ2n) is 8.27. The molecule has 9 heteroatoms. The Kier molecular flexibility index (Phi) is 9.21. The van der Waals surface area contributed by atoms with Crippen LogP contribution in [0.25, 0.3) is 0 Å². The first kappa shape index (κ1) is 25.4. The van der Waals surface area contributed by atoms with Crippen molar-refractivity contribution in [3.05, 3.63) is 53.6 Å². The van der Waals surface area contributed by atoms with E-state index in [1.165, 1.54) is 6.42 Å². The minimum atomic E-state index is -0.871. The van der Waals surface area contributed by atoms with Gasteiger partial charge in [-0.05, 0) is 62.7 Å². The fourth-order valence-corrected chi connectivity index (χ4v) is 4.04. The first-order valence-electron chi connectivity index (χ1n) is 11.8. The SMILES string of the molecule is CCN(CC)CCNC(=O)c1cc(NC(=O)Nc2ccc(F)cc2F)ccc1N1CCCCC1. The maximum atomic E-state index is 13.9. The molecule has 2 aromatic carbocycles. The molecule has 0 bridgehead atoms. The highest BCUT2D eigenvalue weighted by atomic mass is 19.1. The summed E-state index contributed by atoms with van der Waals surface area (Å²) in [5.74, 6) is -1.81. The standard InChI is InChI=1S/C25H33F2N5O2/c1-3-31(4-2)15-12-28-24(33)20-17-19(9-11-23(20)32-13-6-5-7-14-32)29-25(34)30-22-10-8-18(26)16-21(22)27/h8-11,16-17H,3-7,12-15H2,1-2H3,(H,28,33)(H2,29,30,34). The van der Waals surface area contributed by atoms with Gasteiger partial charge in [-0.25, -0.2) is 13.6 Å². The van der Waals surface area contributed by atoms with Crippen molar-refractivity contribution in [2.45, 2.75) is 33.1 Å². The zero-order chi connectivity index (χ0) is 24.5. The highest BCUT2D eigenvalue weighted by Crippen LogP contribution is 2.27. The van der Waals surface area contributed by atoms with Gasteiger partial charge in [-0.1, -0.05) is 13.8 Å². The third-order valence-corrected chi connectivity index (χ3v) is 5.98. The van der Waals surface area contributed by atoms with Crippen LogP contribution >= 0.6 is 0 Å². The number of benzene rings is 2. The average molecular weight is 474 g/mol. The van der Waals surface area contributed by atoms with Gasteiger partial charge in [-0.2, -0.15) is 0 Å². The molecule has 3 rings (SSSR count). The van der Waals surface area contributed by atoms with Gasteiger partial charge in [0.1, 0.15) is 11.6 Å². The van der Waals surface area contributed by atoms with Crippen LogP contribution in [0, 0.1) is 11.6 Å². The quantitative estimate of drug-likeness (QED) is 0.495. The monoisotopic (exact) mass is 473 g/mol. The predicted octanol–water partition coefficient (Wildman–Crippen LogP) is 4.67. The van der Waals surface area contributed by atoms with E-state index in [4.69, 9.17) is 0 Å². The Labute approximate surface area is 199 Å². The van der Waals surface area contributed by atoms with Gasteiger partial charge in [0.15, 0.2) is 0 Å². The van der Waals surface area contributed by atoms with E-state index in [2.05, 4.69) is 39.6 Å². The molecule has 3 N–H and O–H groups in total. The van der Waals surface area contributed by atoms with E-state index in [-0.39, 0.29) is 11.6 Å². The molecule has 0 aromatic heterocycles. The zero-order valence-corrected chi connectivity index (χ0v) is 19.8. The minimum Gasteiger partial charge on any atom is -0.371 e. The third-order valence-electron chi connectivity index (χ3n) is 5.98. The van der Waals surface area contributed by atoms with E-state index in [0.717, 1.165) is 63.4 Å². The van der Waals surface area contributed by atoms with E-state index in [0.29, 0.717) is 23.9 Å². The van der Waals surface area contributed by atoms with Crippen LogP contribution in [0.2, 0.25) is 0 Å². The normalized spacial score (nSPS) is 13.6. The van der Waals surface area contributed by atoms with Crippen molar-refractivity contribution in [3.63, 3.8) is 0 Å². The summed E-state index contributed by atoms with van der Waals surface area (Å²) in [6, 6.07) is 7.41. The smallest absolute Gasteiger partial charge is 0.323 e. The van der Waals surface area contributed by atoms with Gasteiger partial charge in [0.05, 0.1) is 11.3 Å². The molecule has 1 fully saturated rings. The Bertz CT molecular complexity index is 991. The van der Waals surface area contributed by atoms with Crippen LogP contribution in [-0.4, -0.2) is 56.1 Å². The topological polar surface area (TPSA) is 76.7 Å². The van der Waals surface area contributed by atoms with E-state index < -0.39 is 17.7 Å². The van der Waals surface area contributed by atoms with Crippen LogP contribution in [0.4, 0.5) is 30.6 Å². The van der Waals surface area contributed by atoms with Crippen LogP contribution in [0.3, 0.4) is 0 Å². The highest BCUT2D eigenvalue weighted by Gasteiger charge is 2.20. The van der Waals surface area contributed by atoms with Crippen molar-refractivity contribution in [1.82, 2.24) is 10.2 Å². The van der Waals surface area contributed by atoms with Crippen molar-refractivity contribution < 1.29 is 18.4 Å². The summed E-state index contributed by atoms with van der Waals surface area (Å²) >= 11 is 0. The van der Waals surface area contributed by atoms with Crippen LogP contribution in [0.1, 0.15) is 43.5 Å². The van der Waals surface area contributed by atoms with Gasteiger partial charge < -0.3 is 25.8 Å². The van der Waals surface area contributed by atoms with Crippen LogP contribution in [0.15, 0.2) is 36.4 Å². The number of nitrogens with zero attached hydrogens (tertiary/aromatic N) is 2. The van der Waals surface area contributed by atoms with Gasteiger partial charge in [0, 0.05) is 43.6 Å². The number of carbonyl (C=O) groups excluding carboxylic acids is 2. The van der Waals surface area contributed by atoms with Gasteiger partial charge in [-0.3, -0.25) is 4.79 Å². The number of nitrogens with one attached hydrogen (secondary N) is 3. The fourth-order valence-electron chi connectivity index (χ4n) is 4.04. The first-order chi connectivity index (χ1) is 16.4. The average Bonchev–Trinajstić information content (AvgIpc) is 2.84. The van der Waals surface area contributed by atoms with Crippen LogP contribution in [0.5, 0.6) is 0 Å². The largest absolute Gasteiger partial charge is 0.371 e. The molecule has 0 spiro atoms. The molecule has 1 aliphatic rings. The molecule has 1 heterocycles. The molecule has 34 heavy (non-hydrogen) atoms. The Hall–Kier alpha value is -3.20.